The van der Waals surface area contributed by atoms with E-state index >= 15 is 0 Å². The lowest BCUT2D eigenvalue weighted by Gasteiger charge is -2.22. The molecule has 1 amide bonds. The first-order chi connectivity index (χ1) is 15.4. The Kier molecular flexibility index (Phi) is 4.58. The van der Waals surface area contributed by atoms with E-state index in [0.29, 0.717) is 23.3 Å². The smallest absolute Gasteiger partial charge is 0.240 e. The van der Waals surface area contributed by atoms with E-state index in [-0.39, 0.29) is 29.0 Å². The summed E-state index contributed by atoms with van der Waals surface area (Å²) in [5, 5.41) is 17.8. The van der Waals surface area contributed by atoms with Gasteiger partial charge in [0.1, 0.15) is 29.1 Å². The number of nitrogens with zero attached hydrogens (tertiary/aromatic N) is 6. The van der Waals surface area contributed by atoms with E-state index in [1.165, 1.54) is 30.6 Å². The SMILES string of the molecule is CCCCc1nc(-c2nc(O)c3c(n2)NC(=O)C3(C)c2ccc(F)cc2)cn2ncnc12. The fourth-order valence-corrected chi connectivity index (χ4v) is 4.03. The topological polar surface area (TPSA) is 118 Å². The van der Waals surface area contributed by atoms with Crippen LogP contribution in [0.1, 0.15) is 43.5 Å². The van der Waals surface area contributed by atoms with E-state index in [2.05, 4.69) is 37.3 Å². The van der Waals surface area contributed by atoms with Crippen LogP contribution in [0.15, 0.2) is 36.8 Å². The van der Waals surface area contributed by atoms with Crippen LogP contribution in [0.2, 0.25) is 0 Å². The van der Waals surface area contributed by atoms with Crippen LogP contribution < -0.4 is 5.32 Å². The molecule has 162 valence electrons. The Bertz CT molecular complexity index is 1350. The molecular weight excluding hydrogens is 413 g/mol. The first-order valence-electron chi connectivity index (χ1n) is 10.3. The number of fused-ring (bicyclic) bond motifs is 2. The average molecular weight is 433 g/mol. The third-order valence-electron chi connectivity index (χ3n) is 5.82. The van der Waals surface area contributed by atoms with Crippen molar-refractivity contribution < 1.29 is 14.3 Å². The Morgan fingerprint density at radius 2 is 1.97 bits per heavy atom. The van der Waals surface area contributed by atoms with Gasteiger partial charge < -0.3 is 10.4 Å². The van der Waals surface area contributed by atoms with Crippen LogP contribution in [0.3, 0.4) is 0 Å². The summed E-state index contributed by atoms with van der Waals surface area (Å²) in [6.07, 6.45) is 5.72. The van der Waals surface area contributed by atoms with Crippen LogP contribution in [0.25, 0.3) is 17.2 Å². The van der Waals surface area contributed by atoms with Crippen LogP contribution in [-0.4, -0.2) is 40.6 Å². The van der Waals surface area contributed by atoms with Gasteiger partial charge in [-0.3, -0.25) is 4.79 Å². The zero-order chi connectivity index (χ0) is 22.5. The van der Waals surface area contributed by atoms with Crippen molar-refractivity contribution in [3.05, 3.63) is 59.4 Å². The second-order valence-electron chi connectivity index (χ2n) is 7.89. The Balaban J connectivity index is 1.63. The molecule has 3 aromatic heterocycles. The fraction of sp³-hybridized carbons (Fsp3) is 0.273. The number of carbonyl (C=O) groups is 1. The van der Waals surface area contributed by atoms with Crippen molar-refractivity contribution >= 4 is 17.4 Å². The van der Waals surface area contributed by atoms with Crippen molar-refractivity contribution in [1.82, 2.24) is 29.5 Å². The number of rotatable bonds is 5. The van der Waals surface area contributed by atoms with Crippen molar-refractivity contribution in [3.63, 3.8) is 0 Å². The molecule has 4 heterocycles. The molecule has 0 saturated heterocycles. The number of amides is 1. The largest absolute Gasteiger partial charge is 0.493 e. The predicted molar refractivity (Wildman–Crippen MR) is 114 cm³/mol. The van der Waals surface area contributed by atoms with Gasteiger partial charge in [0.05, 0.1) is 17.5 Å². The Morgan fingerprint density at radius 1 is 1.19 bits per heavy atom. The average Bonchev–Trinajstić information content (AvgIpc) is 3.35. The lowest BCUT2D eigenvalue weighted by atomic mass is 9.78. The zero-order valence-electron chi connectivity index (χ0n) is 17.5. The van der Waals surface area contributed by atoms with Gasteiger partial charge in [0.2, 0.25) is 11.8 Å². The van der Waals surface area contributed by atoms with E-state index in [1.54, 1.807) is 17.6 Å². The summed E-state index contributed by atoms with van der Waals surface area (Å²) < 4.78 is 15.0. The van der Waals surface area contributed by atoms with Crippen LogP contribution in [-0.2, 0) is 16.6 Å². The second kappa shape index (κ2) is 7.33. The highest BCUT2D eigenvalue weighted by Gasteiger charge is 2.48. The molecule has 4 aromatic rings. The summed E-state index contributed by atoms with van der Waals surface area (Å²) in [6, 6.07) is 5.57. The molecule has 32 heavy (non-hydrogen) atoms. The lowest BCUT2D eigenvalue weighted by molar-refractivity contribution is -0.119. The summed E-state index contributed by atoms with van der Waals surface area (Å²) in [7, 11) is 0. The maximum absolute atomic E-state index is 13.4. The van der Waals surface area contributed by atoms with E-state index in [9.17, 15) is 14.3 Å². The quantitative estimate of drug-likeness (QED) is 0.497. The van der Waals surface area contributed by atoms with Crippen molar-refractivity contribution in [1.29, 1.82) is 0 Å². The molecular formula is C22H20FN7O2. The number of aryl methyl sites for hydroxylation is 1. The van der Waals surface area contributed by atoms with Crippen LogP contribution >= 0.6 is 0 Å². The summed E-state index contributed by atoms with van der Waals surface area (Å²) in [4.78, 5) is 30.6. The van der Waals surface area contributed by atoms with Gasteiger partial charge in [-0.2, -0.15) is 10.1 Å². The molecule has 0 saturated carbocycles. The van der Waals surface area contributed by atoms with E-state index < -0.39 is 11.2 Å². The molecule has 0 bridgehead atoms. The third kappa shape index (κ3) is 2.98. The number of aromatic nitrogens is 6. The molecule has 1 aliphatic rings. The van der Waals surface area contributed by atoms with E-state index in [0.717, 1.165) is 18.5 Å². The van der Waals surface area contributed by atoms with Gasteiger partial charge in [0.15, 0.2) is 11.5 Å². The molecule has 0 radical (unpaired) electrons. The molecule has 2 N–H and O–H groups in total. The monoisotopic (exact) mass is 433 g/mol. The third-order valence-corrected chi connectivity index (χ3v) is 5.82. The molecule has 0 aliphatic carbocycles. The minimum Gasteiger partial charge on any atom is -0.493 e. The number of hydrogen-bond donors (Lipinski definition) is 2. The standard InChI is InChI=1S/C22H20FN7O2/c1-3-4-5-14-19-24-11-25-30(19)10-15(26-14)17-27-18-16(20(31)28-17)22(2,21(32)29-18)12-6-8-13(23)9-7-12/h6-11H,3-5H2,1-2H3,(H2,27,28,29,31,32). The Morgan fingerprint density at radius 3 is 2.72 bits per heavy atom. The van der Waals surface area contributed by atoms with E-state index in [4.69, 9.17) is 0 Å². The minimum absolute atomic E-state index is 0.153. The number of benzene rings is 1. The number of aromatic hydroxyl groups is 1. The first-order valence-corrected chi connectivity index (χ1v) is 10.3. The molecule has 5 rings (SSSR count). The number of anilines is 1. The molecule has 1 unspecified atom stereocenters. The van der Waals surface area contributed by atoms with Crippen molar-refractivity contribution in [2.75, 3.05) is 5.32 Å². The normalized spacial score (nSPS) is 17.5. The van der Waals surface area contributed by atoms with Gasteiger partial charge in [0, 0.05) is 0 Å². The second-order valence-corrected chi connectivity index (χ2v) is 7.89. The van der Waals surface area contributed by atoms with Crippen LogP contribution in [0.5, 0.6) is 5.88 Å². The number of carbonyl (C=O) groups excluding carboxylic acids is 1. The predicted octanol–water partition coefficient (Wildman–Crippen LogP) is 3.03. The van der Waals surface area contributed by atoms with Crippen molar-refractivity contribution in [2.45, 2.75) is 38.5 Å². The highest BCUT2D eigenvalue weighted by molar-refractivity contribution is 6.08. The van der Waals surface area contributed by atoms with Gasteiger partial charge >= 0.3 is 0 Å². The maximum atomic E-state index is 13.4. The van der Waals surface area contributed by atoms with Gasteiger partial charge in [-0.1, -0.05) is 25.5 Å². The molecule has 0 spiro atoms. The van der Waals surface area contributed by atoms with Crippen LogP contribution in [0.4, 0.5) is 10.2 Å². The molecule has 10 heteroatoms. The van der Waals surface area contributed by atoms with Crippen molar-refractivity contribution in [3.8, 4) is 17.4 Å². The zero-order valence-corrected chi connectivity index (χ0v) is 17.5. The van der Waals surface area contributed by atoms with Gasteiger partial charge in [-0.15, -0.1) is 0 Å². The van der Waals surface area contributed by atoms with Gasteiger partial charge in [-0.25, -0.2) is 23.9 Å². The summed E-state index contributed by atoms with van der Waals surface area (Å²) in [6.45, 7) is 3.74. The molecule has 9 nitrogen and oxygen atoms in total. The maximum Gasteiger partial charge on any atom is 0.240 e. The minimum atomic E-state index is -1.26. The van der Waals surface area contributed by atoms with Crippen LogP contribution in [0, 0.1) is 5.82 Å². The fourth-order valence-electron chi connectivity index (χ4n) is 4.03. The number of unbranched alkanes of at least 4 members (excludes halogenated alkanes) is 1. The molecule has 1 aromatic carbocycles. The molecule has 1 atom stereocenters. The van der Waals surface area contributed by atoms with Gasteiger partial charge in [-0.05, 0) is 37.5 Å². The Hall–Kier alpha value is -3.95. The first kappa shape index (κ1) is 20.0. The van der Waals surface area contributed by atoms with E-state index in [1.807, 2.05) is 0 Å². The number of hydrogen-bond acceptors (Lipinski definition) is 7. The molecule has 1 aliphatic heterocycles. The van der Waals surface area contributed by atoms with Crippen molar-refractivity contribution in [2.24, 2.45) is 0 Å². The summed E-state index contributed by atoms with van der Waals surface area (Å²) in [5.41, 5.74) is 1.31. The Labute approximate surface area is 182 Å². The molecule has 0 fully saturated rings. The summed E-state index contributed by atoms with van der Waals surface area (Å²) >= 11 is 0. The highest BCUT2D eigenvalue weighted by atomic mass is 19.1. The number of halogens is 1. The summed E-state index contributed by atoms with van der Waals surface area (Å²) in [5.74, 6) is -0.796. The van der Waals surface area contributed by atoms with Gasteiger partial charge in [0.25, 0.3) is 0 Å². The highest BCUT2D eigenvalue weighted by Crippen LogP contribution is 2.46. The lowest BCUT2D eigenvalue weighted by Crippen LogP contribution is -2.32. The number of nitrogens with one attached hydrogen (secondary N) is 1.